The second-order valence-corrected chi connectivity index (χ2v) is 8.00. The Kier molecular flexibility index (Phi) is 5.59. The number of nitrogens with zero attached hydrogens (tertiary/aromatic N) is 3. The predicted molar refractivity (Wildman–Crippen MR) is 113 cm³/mol. The highest BCUT2D eigenvalue weighted by Crippen LogP contribution is 2.28. The van der Waals surface area contributed by atoms with Gasteiger partial charge in [0.25, 0.3) is 0 Å². The summed E-state index contributed by atoms with van der Waals surface area (Å²) in [6.45, 7) is 3.75. The molecule has 0 amide bonds. The van der Waals surface area contributed by atoms with Gasteiger partial charge < -0.3 is 9.47 Å². The maximum absolute atomic E-state index is 13.5. The number of aromatic nitrogens is 1. The Balaban J connectivity index is 1.54. The van der Waals surface area contributed by atoms with E-state index in [1.165, 1.54) is 29.2 Å². The Morgan fingerprint density at radius 1 is 1.00 bits per heavy atom. The van der Waals surface area contributed by atoms with Gasteiger partial charge in [-0.1, -0.05) is 41.7 Å². The standard InChI is InChI=1S/C22H24FN3OS/c1-24-20(16-28-22(24)27)15-21(17-7-9-18(23)10-8-17)26-13-11-25(12-14-26)19-5-3-2-4-6-19/h2-10,16,21H,11-15H2,1H3. The van der Waals surface area contributed by atoms with Crippen LogP contribution in [0.3, 0.4) is 0 Å². The van der Waals surface area contributed by atoms with Crippen LogP contribution in [-0.4, -0.2) is 35.6 Å². The SMILES string of the molecule is Cn1c(CC(c2ccc(F)cc2)N2CCN(c3ccccc3)CC2)csc1=O. The largest absolute Gasteiger partial charge is 0.369 e. The number of thiazole rings is 1. The molecular weight excluding hydrogens is 373 g/mol. The van der Waals surface area contributed by atoms with Gasteiger partial charge in [0.15, 0.2) is 0 Å². The van der Waals surface area contributed by atoms with Crippen molar-refractivity contribution in [3.8, 4) is 0 Å². The van der Waals surface area contributed by atoms with Crippen LogP contribution in [0, 0.1) is 5.82 Å². The molecule has 0 bridgehead atoms. The van der Waals surface area contributed by atoms with Gasteiger partial charge in [-0.05, 0) is 29.8 Å². The van der Waals surface area contributed by atoms with Crippen LogP contribution in [0.2, 0.25) is 0 Å². The normalized spacial score (nSPS) is 16.3. The number of piperazine rings is 1. The Bertz CT molecular complexity index is 959. The molecule has 1 saturated heterocycles. The molecule has 0 spiro atoms. The summed E-state index contributed by atoms with van der Waals surface area (Å²) in [5.74, 6) is -0.223. The minimum Gasteiger partial charge on any atom is -0.369 e. The van der Waals surface area contributed by atoms with E-state index in [2.05, 4.69) is 34.1 Å². The minimum atomic E-state index is -0.223. The summed E-state index contributed by atoms with van der Waals surface area (Å²) in [6, 6.07) is 17.4. The Hall–Kier alpha value is -2.44. The summed E-state index contributed by atoms with van der Waals surface area (Å²) in [5, 5.41) is 1.94. The second-order valence-electron chi connectivity index (χ2n) is 7.18. The average molecular weight is 398 g/mol. The molecule has 4 nitrogen and oxygen atoms in total. The highest BCUT2D eigenvalue weighted by molar-refractivity contribution is 7.07. The third kappa shape index (κ3) is 4.03. The van der Waals surface area contributed by atoms with E-state index in [0.29, 0.717) is 0 Å². The third-order valence-electron chi connectivity index (χ3n) is 5.53. The zero-order chi connectivity index (χ0) is 19.5. The molecule has 2 aromatic carbocycles. The van der Waals surface area contributed by atoms with Gasteiger partial charge in [0.05, 0.1) is 0 Å². The fourth-order valence-corrected chi connectivity index (χ4v) is 4.62. The van der Waals surface area contributed by atoms with Gasteiger partial charge in [-0.2, -0.15) is 0 Å². The molecule has 0 N–H and O–H groups in total. The molecule has 3 aromatic rings. The van der Waals surface area contributed by atoms with Gasteiger partial charge in [0.1, 0.15) is 5.82 Å². The van der Waals surface area contributed by atoms with Gasteiger partial charge in [-0.25, -0.2) is 4.39 Å². The summed E-state index contributed by atoms with van der Waals surface area (Å²) < 4.78 is 15.2. The van der Waals surface area contributed by atoms with Crippen LogP contribution < -0.4 is 9.77 Å². The van der Waals surface area contributed by atoms with Crippen molar-refractivity contribution in [1.29, 1.82) is 0 Å². The van der Waals surface area contributed by atoms with Gasteiger partial charge >= 0.3 is 4.87 Å². The molecule has 1 atom stereocenters. The second kappa shape index (κ2) is 8.29. The van der Waals surface area contributed by atoms with E-state index in [1.807, 2.05) is 30.6 Å². The molecule has 1 aromatic heterocycles. The van der Waals surface area contributed by atoms with Crippen molar-refractivity contribution in [2.75, 3.05) is 31.1 Å². The summed E-state index contributed by atoms with van der Waals surface area (Å²) in [5.41, 5.74) is 3.36. The van der Waals surface area contributed by atoms with Crippen molar-refractivity contribution < 1.29 is 4.39 Å². The summed E-state index contributed by atoms with van der Waals surface area (Å²) in [4.78, 5) is 16.8. The third-order valence-corrected chi connectivity index (χ3v) is 6.40. The first-order chi connectivity index (χ1) is 13.6. The molecule has 0 saturated carbocycles. The van der Waals surface area contributed by atoms with E-state index >= 15 is 0 Å². The maximum Gasteiger partial charge on any atom is 0.307 e. The first-order valence-electron chi connectivity index (χ1n) is 9.55. The lowest BCUT2D eigenvalue weighted by molar-refractivity contribution is 0.183. The Morgan fingerprint density at radius 3 is 2.29 bits per heavy atom. The van der Waals surface area contributed by atoms with Crippen LogP contribution in [0.5, 0.6) is 0 Å². The van der Waals surface area contributed by atoms with E-state index in [0.717, 1.165) is 43.9 Å². The van der Waals surface area contributed by atoms with E-state index < -0.39 is 0 Å². The van der Waals surface area contributed by atoms with Gasteiger partial charge in [0.2, 0.25) is 0 Å². The number of hydrogen-bond donors (Lipinski definition) is 0. The lowest BCUT2D eigenvalue weighted by atomic mass is 9.99. The molecule has 2 heterocycles. The lowest BCUT2D eigenvalue weighted by Gasteiger charge is -2.40. The number of anilines is 1. The Labute approximate surface area is 168 Å². The fraction of sp³-hybridized carbons (Fsp3) is 0.318. The van der Waals surface area contributed by atoms with Crippen LogP contribution in [0.4, 0.5) is 10.1 Å². The molecule has 1 unspecified atom stereocenters. The quantitative estimate of drug-likeness (QED) is 0.657. The zero-order valence-electron chi connectivity index (χ0n) is 15.9. The number of hydrogen-bond acceptors (Lipinski definition) is 4. The van der Waals surface area contributed by atoms with E-state index in [-0.39, 0.29) is 16.7 Å². The number of rotatable bonds is 5. The molecule has 1 aliphatic rings. The number of halogens is 1. The highest BCUT2D eigenvalue weighted by Gasteiger charge is 2.26. The van der Waals surface area contributed by atoms with Crippen molar-refractivity contribution in [2.24, 2.45) is 7.05 Å². The minimum absolute atomic E-state index is 0.0572. The van der Waals surface area contributed by atoms with Crippen LogP contribution in [0.25, 0.3) is 0 Å². The zero-order valence-corrected chi connectivity index (χ0v) is 16.7. The molecule has 4 rings (SSSR count). The molecule has 0 radical (unpaired) electrons. The van der Waals surface area contributed by atoms with Crippen molar-refractivity contribution in [3.05, 3.63) is 86.7 Å². The van der Waals surface area contributed by atoms with Crippen LogP contribution >= 0.6 is 11.3 Å². The Morgan fingerprint density at radius 2 is 1.68 bits per heavy atom. The van der Waals surface area contributed by atoms with Gasteiger partial charge in [0, 0.05) is 62.5 Å². The lowest BCUT2D eigenvalue weighted by Crippen LogP contribution is -2.48. The molecule has 1 fully saturated rings. The van der Waals surface area contributed by atoms with E-state index in [1.54, 1.807) is 4.57 Å². The van der Waals surface area contributed by atoms with Crippen molar-refractivity contribution in [2.45, 2.75) is 12.5 Å². The molecule has 1 aliphatic heterocycles. The summed E-state index contributed by atoms with van der Waals surface area (Å²) in [6.07, 6.45) is 0.742. The van der Waals surface area contributed by atoms with E-state index in [4.69, 9.17) is 0 Å². The van der Waals surface area contributed by atoms with E-state index in [9.17, 15) is 9.18 Å². The topological polar surface area (TPSA) is 28.5 Å². The molecular formula is C22H24FN3OS. The van der Waals surface area contributed by atoms with Gasteiger partial charge in [-0.15, -0.1) is 0 Å². The first kappa shape index (κ1) is 18.9. The monoisotopic (exact) mass is 397 g/mol. The van der Waals surface area contributed by atoms with Gasteiger partial charge in [-0.3, -0.25) is 9.69 Å². The smallest absolute Gasteiger partial charge is 0.307 e. The van der Waals surface area contributed by atoms with Crippen molar-refractivity contribution >= 4 is 17.0 Å². The van der Waals surface area contributed by atoms with Crippen LogP contribution in [0.1, 0.15) is 17.3 Å². The molecule has 146 valence electrons. The van der Waals surface area contributed by atoms with Crippen LogP contribution in [0.15, 0.2) is 64.8 Å². The summed E-state index contributed by atoms with van der Waals surface area (Å²) >= 11 is 1.24. The number of para-hydroxylation sites is 1. The van der Waals surface area contributed by atoms with Crippen LogP contribution in [-0.2, 0) is 13.5 Å². The maximum atomic E-state index is 13.5. The summed E-state index contributed by atoms with van der Waals surface area (Å²) in [7, 11) is 1.82. The highest BCUT2D eigenvalue weighted by atomic mass is 32.1. The van der Waals surface area contributed by atoms with Crippen molar-refractivity contribution in [1.82, 2.24) is 9.47 Å². The predicted octanol–water partition coefficient (Wildman–Crippen LogP) is 3.69. The molecule has 0 aliphatic carbocycles. The number of benzene rings is 2. The average Bonchev–Trinajstić information content (AvgIpc) is 3.06. The fourth-order valence-electron chi connectivity index (χ4n) is 3.85. The first-order valence-corrected chi connectivity index (χ1v) is 10.4. The molecule has 6 heteroatoms. The molecule has 28 heavy (non-hydrogen) atoms. The van der Waals surface area contributed by atoms with Crippen molar-refractivity contribution in [3.63, 3.8) is 0 Å².